The van der Waals surface area contributed by atoms with Gasteiger partial charge in [-0.25, -0.2) is 19.9 Å². The van der Waals surface area contributed by atoms with Crippen LogP contribution >= 0.6 is 0 Å². The SMILES string of the molecule is CC(C)c1nccc(N(C)CCc2ncccn2)n1. The molecule has 0 spiro atoms. The Balaban J connectivity index is 2.00. The first-order valence-electron chi connectivity index (χ1n) is 6.47. The summed E-state index contributed by atoms with van der Waals surface area (Å²) >= 11 is 0. The van der Waals surface area contributed by atoms with Crippen molar-refractivity contribution in [2.75, 3.05) is 18.5 Å². The number of hydrogen-bond donors (Lipinski definition) is 0. The van der Waals surface area contributed by atoms with Gasteiger partial charge in [0, 0.05) is 44.5 Å². The molecule has 0 N–H and O–H groups in total. The maximum absolute atomic E-state index is 4.56. The molecular formula is C14H19N5. The molecule has 0 bridgehead atoms. The van der Waals surface area contributed by atoms with E-state index in [1.54, 1.807) is 12.4 Å². The van der Waals surface area contributed by atoms with Gasteiger partial charge in [-0.3, -0.25) is 0 Å². The molecule has 100 valence electrons. The minimum absolute atomic E-state index is 0.339. The van der Waals surface area contributed by atoms with Gasteiger partial charge in [-0.15, -0.1) is 0 Å². The lowest BCUT2D eigenvalue weighted by Gasteiger charge is -2.18. The molecule has 19 heavy (non-hydrogen) atoms. The van der Waals surface area contributed by atoms with E-state index in [9.17, 15) is 0 Å². The van der Waals surface area contributed by atoms with Gasteiger partial charge in [0.05, 0.1) is 0 Å². The lowest BCUT2D eigenvalue weighted by atomic mass is 10.2. The van der Waals surface area contributed by atoms with Crippen molar-refractivity contribution in [2.24, 2.45) is 0 Å². The highest BCUT2D eigenvalue weighted by Gasteiger charge is 2.07. The highest BCUT2D eigenvalue weighted by atomic mass is 15.2. The molecule has 0 radical (unpaired) electrons. The van der Waals surface area contributed by atoms with Gasteiger partial charge in [-0.1, -0.05) is 13.8 Å². The average molecular weight is 257 g/mol. The van der Waals surface area contributed by atoms with E-state index >= 15 is 0 Å². The van der Waals surface area contributed by atoms with Crippen molar-refractivity contribution in [1.82, 2.24) is 19.9 Å². The fourth-order valence-electron chi connectivity index (χ4n) is 1.70. The fourth-order valence-corrected chi connectivity index (χ4v) is 1.70. The van der Waals surface area contributed by atoms with Gasteiger partial charge in [-0.2, -0.15) is 0 Å². The van der Waals surface area contributed by atoms with E-state index in [0.29, 0.717) is 5.92 Å². The molecule has 5 nitrogen and oxygen atoms in total. The average Bonchev–Trinajstić information content (AvgIpc) is 2.46. The van der Waals surface area contributed by atoms with Gasteiger partial charge < -0.3 is 4.90 Å². The monoisotopic (exact) mass is 257 g/mol. The maximum atomic E-state index is 4.56. The molecule has 2 aromatic rings. The third kappa shape index (κ3) is 3.71. The van der Waals surface area contributed by atoms with E-state index in [0.717, 1.165) is 30.4 Å². The van der Waals surface area contributed by atoms with Crippen LogP contribution in [0.25, 0.3) is 0 Å². The standard InChI is InChI=1S/C14H19N5/c1-11(2)14-17-9-5-13(18-14)19(3)10-6-12-15-7-4-8-16-12/h4-5,7-9,11H,6,10H2,1-3H3. The first kappa shape index (κ1) is 13.4. The molecule has 2 rings (SSSR count). The van der Waals surface area contributed by atoms with E-state index in [2.05, 4.69) is 38.7 Å². The number of nitrogens with zero attached hydrogens (tertiary/aromatic N) is 5. The Kier molecular flexibility index (Phi) is 4.39. The highest BCUT2D eigenvalue weighted by molar-refractivity contribution is 5.36. The molecule has 0 atom stereocenters. The third-order valence-corrected chi connectivity index (χ3v) is 2.86. The van der Waals surface area contributed by atoms with Crippen LogP contribution in [-0.2, 0) is 6.42 Å². The summed E-state index contributed by atoms with van der Waals surface area (Å²) in [5, 5.41) is 0. The number of anilines is 1. The highest BCUT2D eigenvalue weighted by Crippen LogP contribution is 2.13. The molecule has 2 heterocycles. The first-order chi connectivity index (χ1) is 9.16. The minimum Gasteiger partial charge on any atom is -0.359 e. The van der Waals surface area contributed by atoms with Gasteiger partial charge in [0.25, 0.3) is 0 Å². The van der Waals surface area contributed by atoms with Crippen LogP contribution < -0.4 is 4.90 Å². The van der Waals surface area contributed by atoms with Crippen molar-refractivity contribution < 1.29 is 0 Å². The van der Waals surface area contributed by atoms with E-state index in [-0.39, 0.29) is 0 Å². The van der Waals surface area contributed by atoms with Crippen LogP contribution in [0.15, 0.2) is 30.7 Å². The molecular weight excluding hydrogens is 238 g/mol. The molecule has 0 aliphatic heterocycles. The molecule has 0 amide bonds. The molecule has 0 unspecified atom stereocenters. The number of rotatable bonds is 5. The van der Waals surface area contributed by atoms with Gasteiger partial charge in [0.2, 0.25) is 0 Å². The summed E-state index contributed by atoms with van der Waals surface area (Å²) in [6.45, 7) is 5.02. The van der Waals surface area contributed by atoms with Crippen LogP contribution in [0.5, 0.6) is 0 Å². The Hall–Kier alpha value is -2.04. The molecule has 5 heteroatoms. The van der Waals surface area contributed by atoms with Crippen molar-refractivity contribution in [3.8, 4) is 0 Å². The Bertz CT molecular complexity index is 512. The second kappa shape index (κ2) is 6.22. The smallest absolute Gasteiger partial charge is 0.133 e. The number of likely N-dealkylation sites (N-methyl/N-ethyl adjacent to an activating group) is 1. The topological polar surface area (TPSA) is 54.8 Å². The molecule has 0 aromatic carbocycles. The molecule has 0 saturated heterocycles. The third-order valence-electron chi connectivity index (χ3n) is 2.86. The second-order valence-electron chi connectivity index (χ2n) is 4.76. The minimum atomic E-state index is 0.339. The summed E-state index contributed by atoms with van der Waals surface area (Å²) in [5.74, 6) is 3.01. The lowest BCUT2D eigenvalue weighted by Crippen LogP contribution is -2.22. The zero-order valence-corrected chi connectivity index (χ0v) is 11.6. The van der Waals surface area contributed by atoms with E-state index in [1.165, 1.54) is 0 Å². The van der Waals surface area contributed by atoms with Crippen molar-refractivity contribution in [3.63, 3.8) is 0 Å². The van der Waals surface area contributed by atoms with E-state index in [1.807, 2.05) is 25.4 Å². The zero-order valence-electron chi connectivity index (χ0n) is 11.6. The van der Waals surface area contributed by atoms with Crippen LogP contribution in [0, 0.1) is 0 Å². The Morgan fingerprint density at radius 1 is 1.11 bits per heavy atom. The fraction of sp³-hybridized carbons (Fsp3) is 0.429. The first-order valence-corrected chi connectivity index (χ1v) is 6.47. The van der Waals surface area contributed by atoms with Crippen molar-refractivity contribution in [2.45, 2.75) is 26.2 Å². The van der Waals surface area contributed by atoms with Crippen molar-refractivity contribution in [3.05, 3.63) is 42.4 Å². The van der Waals surface area contributed by atoms with Crippen LogP contribution in [-0.4, -0.2) is 33.5 Å². The Labute approximate surface area is 113 Å². The normalized spacial score (nSPS) is 10.7. The van der Waals surface area contributed by atoms with Gasteiger partial charge in [0.15, 0.2) is 0 Å². The van der Waals surface area contributed by atoms with Crippen LogP contribution in [0.1, 0.15) is 31.4 Å². The van der Waals surface area contributed by atoms with E-state index in [4.69, 9.17) is 0 Å². The van der Waals surface area contributed by atoms with Crippen LogP contribution in [0.4, 0.5) is 5.82 Å². The molecule has 0 aliphatic carbocycles. The second-order valence-corrected chi connectivity index (χ2v) is 4.76. The predicted molar refractivity (Wildman–Crippen MR) is 75.1 cm³/mol. The molecule has 0 fully saturated rings. The van der Waals surface area contributed by atoms with Crippen molar-refractivity contribution >= 4 is 5.82 Å². The summed E-state index contributed by atoms with van der Waals surface area (Å²) in [5.41, 5.74) is 0. The number of hydrogen-bond acceptors (Lipinski definition) is 5. The predicted octanol–water partition coefficient (Wildman–Crippen LogP) is 2.07. The summed E-state index contributed by atoms with van der Waals surface area (Å²) < 4.78 is 0. The lowest BCUT2D eigenvalue weighted by molar-refractivity contribution is 0.754. The summed E-state index contributed by atoms with van der Waals surface area (Å²) in [6, 6.07) is 3.75. The molecule has 2 aromatic heterocycles. The Morgan fingerprint density at radius 3 is 2.53 bits per heavy atom. The maximum Gasteiger partial charge on any atom is 0.133 e. The van der Waals surface area contributed by atoms with Crippen LogP contribution in [0.3, 0.4) is 0 Å². The van der Waals surface area contributed by atoms with Gasteiger partial charge in [-0.05, 0) is 12.1 Å². The van der Waals surface area contributed by atoms with Crippen molar-refractivity contribution in [1.29, 1.82) is 0 Å². The summed E-state index contributed by atoms with van der Waals surface area (Å²) in [4.78, 5) is 19.4. The van der Waals surface area contributed by atoms with Gasteiger partial charge in [0.1, 0.15) is 17.5 Å². The van der Waals surface area contributed by atoms with E-state index < -0.39 is 0 Å². The number of aromatic nitrogens is 4. The molecule has 0 aliphatic rings. The largest absolute Gasteiger partial charge is 0.359 e. The Morgan fingerprint density at radius 2 is 1.84 bits per heavy atom. The summed E-state index contributed by atoms with van der Waals surface area (Å²) in [6.07, 6.45) is 6.15. The summed E-state index contributed by atoms with van der Waals surface area (Å²) in [7, 11) is 2.02. The zero-order chi connectivity index (χ0) is 13.7. The molecule has 0 saturated carbocycles. The quantitative estimate of drug-likeness (QED) is 0.820. The van der Waals surface area contributed by atoms with Gasteiger partial charge >= 0.3 is 0 Å². The van der Waals surface area contributed by atoms with Crippen LogP contribution in [0.2, 0.25) is 0 Å².